The Morgan fingerprint density at radius 2 is 1.08 bits per heavy atom. The third-order valence-electron chi connectivity index (χ3n) is 6.33. The summed E-state index contributed by atoms with van der Waals surface area (Å²) >= 11 is 10.7. The molecule has 0 unspecified atom stereocenters. The first-order chi connectivity index (χ1) is 22.9. The van der Waals surface area contributed by atoms with Gasteiger partial charge in [0.15, 0.2) is 0 Å². The minimum Gasteiger partial charge on any atom is -0.365 e. The molecule has 2 aromatic heterocycles. The fraction of sp³-hybridized carbons (Fsp3) is 0.355. The number of aromatic nitrogens is 4. The number of rotatable bonds is 7. The van der Waals surface area contributed by atoms with Crippen molar-refractivity contribution in [2.75, 3.05) is 12.4 Å². The molecule has 0 saturated carbocycles. The summed E-state index contributed by atoms with van der Waals surface area (Å²) in [6, 6.07) is 7.92. The highest BCUT2D eigenvalue weighted by molar-refractivity contribution is 7.03. The summed E-state index contributed by atoms with van der Waals surface area (Å²) in [5.74, 6) is -2.45. The number of hydrogen-bond acceptors (Lipinski definition) is 7. The fourth-order valence-corrected chi connectivity index (χ4v) is 4.53. The van der Waals surface area contributed by atoms with Crippen molar-refractivity contribution in [2.45, 2.75) is 65.7 Å². The molecule has 49 heavy (non-hydrogen) atoms. The van der Waals surface area contributed by atoms with Gasteiger partial charge >= 0.3 is 11.4 Å². The minimum atomic E-state index is -0.758. The highest BCUT2D eigenvalue weighted by Crippen LogP contribution is 2.23. The van der Waals surface area contributed by atoms with E-state index in [1.165, 1.54) is 43.3 Å². The van der Waals surface area contributed by atoms with Crippen LogP contribution in [0.2, 0.25) is 5.15 Å². The zero-order valence-electron chi connectivity index (χ0n) is 27.7. The van der Waals surface area contributed by atoms with Gasteiger partial charge in [-0.25, -0.2) is 32.0 Å². The van der Waals surface area contributed by atoms with E-state index < -0.39 is 52.3 Å². The number of hydrogen-bond donors (Lipinski definition) is 4. The third kappa shape index (κ3) is 12.7. The Bertz CT molecular complexity index is 1830. The van der Waals surface area contributed by atoms with Crippen LogP contribution in [0, 0.1) is 23.3 Å². The molecule has 4 rings (SSSR count). The molecule has 0 aliphatic carbocycles. The van der Waals surface area contributed by atoms with Gasteiger partial charge in [-0.15, -0.1) is 0 Å². The first-order valence-corrected chi connectivity index (χ1v) is 15.7. The second-order valence-corrected chi connectivity index (χ2v) is 11.8. The maximum atomic E-state index is 13.7. The van der Waals surface area contributed by atoms with Crippen LogP contribution in [-0.4, -0.2) is 26.1 Å². The van der Waals surface area contributed by atoms with Crippen molar-refractivity contribution in [1.82, 2.24) is 23.9 Å². The van der Waals surface area contributed by atoms with E-state index in [0.717, 1.165) is 21.3 Å². The van der Waals surface area contributed by atoms with Crippen LogP contribution in [-0.2, 0) is 0 Å². The number of halogens is 6. The van der Waals surface area contributed by atoms with Crippen molar-refractivity contribution < 1.29 is 17.6 Å². The number of nitrogens with one attached hydrogen (secondary N) is 4. The average Bonchev–Trinajstić information content (AvgIpc) is 2.96. The number of aromatic amines is 2. The van der Waals surface area contributed by atoms with Crippen molar-refractivity contribution >= 4 is 38.2 Å². The first-order valence-electron chi connectivity index (χ1n) is 14.5. The highest BCUT2D eigenvalue weighted by Gasteiger charge is 2.17. The van der Waals surface area contributed by atoms with E-state index in [4.69, 9.17) is 23.4 Å². The summed E-state index contributed by atoms with van der Waals surface area (Å²) in [6.45, 7) is 10.0. The molecule has 0 fully saturated rings. The molecule has 4 aromatic rings. The molecule has 0 radical (unpaired) electrons. The molecule has 0 aliphatic rings. The summed E-state index contributed by atoms with van der Waals surface area (Å²) in [4.78, 5) is 53.1. The Kier molecular flexibility index (Phi) is 18.0. The van der Waals surface area contributed by atoms with Crippen LogP contribution in [0.5, 0.6) is 0 Å². The van der Waals surface area contributed by atoms with Crippen molar-refractivity contribution in [3.05, 3.63) is 130 Å². The Hall–Kier alpha value is -4.04. The Morgan fingerprint density at radius 1 is 0.714 bits per heavy atom. The summed E-state index contributed by atoms with van der Waals surface area (Å²) in [5.41, 5.74) is -2.10. The fourth-order valence-electron chi connectivity index (χ4n) is 4.25. The topological polar surface area (TPSA) is 146 Å². The molecule has 0 saturated heterocycles. The zero-order chi connectivity index (χ0) is 37.6. The highest BCUT2D eigenvalue weighted by atomic mass is 35.5. The maximum absolute atomic E-state index is 13.7. The second-order valence-electron chi connectivity index (χ2n) is 10.7. The van der Waals surface area contributed by atoms with Crippen LogP contribution in [0.3, 0.4) is 0 Å². The van der Waals surface area contributed by atoms with Crippen molar-refractivity contribution in [3.63, 3.8) is 0 Å². The average molecular weight is 751 g/mol. The Balaban J connectivity index is 0.000000378. The van der Waals surface area contributed by atoms with Crippen LogP contribution in [0.4, 0.5) is 23.4 Å². The summed E-state index contributed by atoms with van der Waals surface area (Å²) in [7, 11) is 4.47. The van der Waals surface area contributed by atoms with Gasteiger partial charge in [-0.1, -0.05) is 23.7 Å². The third-order valence-corrected chi connectivity index (χ3v) is 6.86. The van der Waals surface area contributed by atoms with Gasteiger partial charge in [0.05, 0.1) is 6.04 Å². The molecule has 2 atom stereocenters. The molecule has 268 valence electrons. The normalized spacial score (nSPS) is 11.7. The largest absolute Gasteiger partial charge is 0.365 e. The summed E-state index contributed by atoms with van der Waals surface area (Å²) in [5, 5.41) is 2.81. The molecular weight excluding hydrogens is 712 g/mol. The zero-order valence-corrected chi connectivity index (χ0v) is 30.2. The standard InChI is InChI=1S/C15H17F2N3O2.C8H8ClF2N.C7H9ClN2O2.CH4NP/c1-8(2)20-13(21)7-12(19-15(20)22)18-9(3)14-10(16)5-4-6-11(14)17;1-5(12-9)8-6(10)3-2-4-7(8)11;1-4(2)10-6(11)3-5(8)9-7(10)12;1-2-3/h4-9,18H,1-3H3,(H,19,22);2-5,12H,1H3;3-4H,1-2H3,(H,9,12);3H,1H3/t9-;5-;;/m00../s1. The number of benzene rings is 2. The van der Waals surface area contributed by atoms with Gasteiger partial charge in [-0.3, -0.25) is 33.4 Å². The van der Waals surface area contributed by atoms with Crippen molar-refractivity contribution in [1.29, 1.82) is 0 Å². The van der Waals surface area contributed by atoms with Crippen LogP contribution in [0.15, 0.2) is 72.5 Å². The molecule has 0 spiro atoms. The van der Waals surface area contributed by atoms with Crippen molar-refractivity contribution in [3.8, 4) is 0 Å². The quantitative estimate of drug-likeness (QED) is 0.0690. The van der Waals surface area contributed by atoms with Gasteiger partial charge in [0.1, 0.15) is 34.2 Å². The molecular formula is C31H38Cl2F4N7O4P. The lowest BCUT2D eigenvalue weighted by Gasteiger charge is -2.17. The van der Waals surface area contributed by atoms with Gasteiger partial charge in [0.25, 0.3) is 11.1 Å². The van der Waals surface area contributed by atoms with E-state index in [9.17, 15) is 36.7 Å². The molecule has 2 heterocycles. The lowest BCUT2D eigenvalue weighted by atomic mass is 10.1. The summed E-state index contributed by atoms with van der Waals surface area (Å²) < 4.78 is 58.8. The van der Waals surface area contributed by atoms with Gasteiger partial charge in [0, 0.05) is 48.4 Å². The molecule has 0 aliphatic heterocycles. The second kappa shape index (κ2) is 20.5. The van der Waals surface area contributed by atoms with Crippen LogP contribution < -0.4 is 32.7 Å². The molecule has 0 amide bonds. The van der Waals surface area contributed by atoms with Gasteiger partial charge < -0.3 is 5.32 Å². The predicted molar refractivity (Wildman–Crippen MR) is 187 cm³/mol. The number of anilines is 1. The van der Waals surface area contributed by atoms with E-state index in [0.29, 0.717) is 0 Å². The predicted octanol–water partition coefficient (Wildman–Crippen LogP) is 7.05. The maximum Gasteiger partial charge on any atom is 0.330 e. The molecule has 2 aromatic carbocycles. The van der Waals surface area contributed by atoms with Crippen LogP contribution in [0.1, 0.15) is 76.8 Å². The smallest absolute Gasteiger partial charge is 0.330 e. The Morgan fingerprint density at radius 3 is 1.43 bits per heavy atom. The van der Waals surface area contributed by atoms with Gasteiger partial charge in [-0.2, -0.15) is 0 Å². The van der Waals surface area contributed by atoms with Crippen LogP contribution >= 0.6 is 32.4 Å². The monoisotopic (exact) mass is 749 g/mol. The van der Waals surface area contributed by atoms with Gasteiger partial charge in [-0.05, 0) is 86.6 Å². The number of H-pyrrole nitrogens is 2. The van der Waals surface area contributed by atoms with Gasteiger partial charge in [0.2, 0.25) is 0 Å². The number of nitrogens with zero attached hydrogens (tertiary/aromatic N) is 3. The molecule has 11 nitrogen and oxygen atoms in total. The van der Waals surface area contributed by atoms with E-state index in [-0.39, 0.29) is 39.7 Å². The van der Waals surface area contributed by atoms with E-state index in [1.807, 2.05) is 0 Å². The minimum absolute atomic E-state index is 0.0347. The lowest BCUT2D eigenvalue weighted by Crippen LogP contribution is -2.36. The van der Waals surface area contributed by atoms with E-state index in [2.05, 4.69) is 33.9 Å². The molecule has 4 N–H and O–H groups in total. The van der Waals surface area contributed by atoms with Crippen molar-refractivity contribution in [2.24, 2.45) is 4.74 Å². The SMILES string of the molecule is CC(C)n1c(=O)cc(Cl)[nH]c1=O.CC(C)n1c(=O)cc(N[C@@H](C)c2c(F)cccc2F)[nH]c1=O.CN=P.C[C@H](NCl)c1c(F)cccc1F. The van der Waals surface area contributed by atoms with E-state index in [1.54, 1.807) is 41.7 Å². The van der Waals surface area contributed by atoms with Crippen LogP contribution in [0.25, 0.3) is 0 Å². The molecule has 18 heteroatoms. The molecule has 0 bridgehead atoms. The van der Waals surface area contributed by atoms with E-state index >= 15 is 0 Å². The first kappa shape index (κ1) is 43.0. The summed E-state index contributed by atoms with van der Waals surface area (Å²) in [6.07, 6.45) is 0. The lowest BCUT2D eigenvalue weighted by molar-refractivity contribution is 0.527. The Labute approximate surface area is 291 Å².